The first-order chi connectivity index (χ1) is 10.9. The quantitative estimate of drug-likeness (QED) is 0.808. The molecule has 0 saturated carbocycles. The molecule has 0 aliphatic carbocycles. The molecule has 2 aromatic carbocycles. The van der Waals surface area contributed by atoms with Gasteiger partial charge in [0, 0.05) is 11.1 Å². The SMILES string of the molecule is C[C@H](N[C@H](C)c1ccccc1Cl)C(=O)Nc1ccc(F)cc1Cl. The highest BCUT2D eigenvalue weighted by Gasteiger charge is 2.18. The number of anilines is 1. The number of benzene rings is 2. The Morgan fingerprint density at radius 2 is 1.78 bits per heavy atom. The van der Waals surface area contributed by atoms with E-state index in [-0.39, 0.29) is 17.0 Å². The van der Waals surface area contributed by atoms with Gasteiger partial charge < -0.3 is 5.32 Å². The Morgan fingerprint density at radius 3 is 2.43 bits per heavy atom. The summed E-state index contributed by atoms with van der Waals surface area (Å²) in [6, 6.07) is 10.7. The Labute approximate surface area is 144 Å². The normalized spacial score (nSPS) is 13.4. The fraction of sp³-hybridized carbons (Fsp3) is 0.235. The van der Waals surface area contributed by atoms with E-state index in [0.29, 0.717) is 10.7 Å². The second-order valence-corrected chi connectivity index (χ2v) is 6.06. The minimum atomic E-state index is -0.484. The van der Waals surface area contributed by atoms with Gasteiger partial charge in [0.2, 0.25) is 5.91 Å². The molecule has 0 bridgehead atoms. The van der Waals surface area contributed by atoms with E-state index in [4.69, 9.17) is 23.2 Å². The monoisotopic (exact) mass is 354 g/mol. The van der Waals surface area contributed by atoms with Crippen molar-refractivity contribution in [3.05, 3.63) is 63.9 Å². The molecular weight excluding hydrogens is 338 g/mol. The summed E-state index contributed by atoms with van der Waals surface area (Å²) in [4.78, 5) is 12.2. The van der Waals surface area contributed by atoms with Gasteiger partial charge in [-0.2, -0.15) is 0 Å². The van der Waals surface area contributed by atoms with E-state index >= 15 is 0 Å². The highest BCUT2D eigenvalue weighted by atomic mass is 35.5. The maximum absolute atomic E-state index is 13.0. The number of hydrogen-bond acceptors (Lipinski definition) is 2. The second kappa shape index (κ2) is 7.77. The fourth-order valence-electron chi connectivity index (χ4n) is 2.20. The summed E-state index contributed by atoms with van der Waals surface area (Å²) in [5.74, 6) is -0.719. The molecule has 6 heteroatoms. The van der Waals surface area contributed by atoms with Gasteiger partial charge in [0.15, 0.2) is 0 Å². The maximum Gasteiger partial charge on any atom is 0.241 e. The van der Waals surface area contributed by atoms with Crippen molar-refractivity contribution in [2.45, 2.75) is 25.9 Å². The van der Waals surface area contributed by atoms with Crippen LogP contribution in [0.15, 0.2) is 42.5 Å². The van der Waals surface area contributed by atoms with Gasteiger partial charge >= 0.3 is 0 Å². The van der Waals surface area contributed by atoms with Gasteiger partial charge in [0.25, 0.3) is 0 Å². The number of rotatable bonds is 5. The Balaban J connectivity index is 2.01. The van der Waals surface area contributed by atoms with Crippen LogP contribution in [0.4, 0.5) is 10.1 Å². The molecular formula is C17H17Cl2FN2O. The Hall–Kier alpha value is -1.62. The lowest BCUT2D eigenvalue weighted by Gasteiger charge is -2.21. The Bertz CT molecular complexity index is 709. The van der Waals surface area contributed by atoms with Gasteiger partial charge in [-0.3, -0.25) is 10.1 Å². The van der Waals surface area contributed by atoms with Crippen molar-refractivity contribution in [2.75, 3.05) is 5.32 Å². The third-order valence-electron chi connectivity index (χ3n) is 3.45. The molecule has 2 N–H and O–H groups in total. The molecule has 0 aliphatic rings. The number of amides is 1. The van der Waals surface area contributed by atoms with Gasteiger partial charge in [-0.15, -0.1) is 0 Å². The number of carbonyl (C=O) groups excluding carboxylic acids is 1. The Kier molecular flexibility index (Phi) is 5.99. The lowest BCUT2D eigenvalue weighted by Crippen LogP contribution is -2.39. The van der Waals surface area contributed by atoms with Crippen LogP contribution in [-0.2, 0) is 4.79 Å². The van der Waals surface area contributed by atoms with Crippen LogP contribution >= 0.6 is 23.2 Å². The van der Waals surface area contributed by atoms with Crippen molar-refractivity contribution in [2.24, 2.45) is 0 Å². The predicted molar refractivity (Wildman–Crippen MR) is 92.5 cm³/mol. The van der Waals surface area contributed by atoms with Crippen LogP contribution in [-0.4, -0.2) is 11.9 Å². The molecule has 1 amide bonds. The van der Waals surface area contributed by atoms with Gasteiger partial charge in [-0.1, -0.05) is 41.4 Å². The largest absolute Gasteiger partial charge is 0.323 e. The van der Waals surface area contributed by atoms with Crippen molar-refractivity contribution in [1.82, 2.24) is 5.32 Å². The van der Waals surface area contributed by atoms with E-state index in [1.165, 1.54) is 12.1 Å². The molecule has 0 spiro atoms. The highest BCUT2D eigenvalue weighted by Crippen LogP contribution is 2.24. The van der Waals surface area contributed by atoms with Crippen molar-refractivity contribution >= 4 is 34.8 Å². The van der Waals surface area contributed by atoms with Crippen LogP contribution in [0.25, 0.3) is 0 Å². The summed E-state index contributed by atoms with van der Waals surface area (Å²) < 4.78 is 13.0. The lowest BCUT2D eigenvalue weighted by molar-refractivity contribution is -0.117. The van der Waals surface area contributed by atoms with Crippen LogP contribution < -0.4 is 10.6 Å². The van der Waals surface area contributed by atoms with Crippen LogP contribution in [0.3, 0.4) is 0 Å². The van der Waals surface area contributed by atoms with E-state index in [2.05, 4.69) is 10.6 Å². The van der Waals surface area contributed by atoms with Crippen LogP contribution in [0.5, 0.6) is 0 Å². The topological polar surface area (TPSA) is 41.1 Å². The van der Waals surface area contributed by atoms with Crippen LogP contribution in [0.1, 0.15) is 25.5 Å². The minimum absolute atomic E-state index is 0.104. The first-order valence-corrected chi connectivity index (χ1v) is 7.90. The summed E-state index contributed by atoms with van der Waals surface area (Å²) in [6.07, 6.45) is 0. The summed E-state index contributed by atoms with van der Waals surface area (Å²) >= 11 is 12.1. The molecule has 2 atom stereocenters. The summed E-state index contributed by atoms with van der Waals surface area (Å²) in [5, 5.41) is 6.65. The molecule has 2 rings (SSSR count). The maximum atomic E-state index is 13.0. The van der Waals surface area contributed by atoms with Gasteiger partial charge in [0.05, 0.1) is 16.8 Å². The first kappa shape index (κ1) is 17.7. The van der Waals surface area contributed by atoms with E-state index in [1.807, 2.05) is 25.1 Å². The molecule has 0 aliphatic heterocycles. The van der Waals surface area contributed by atoms with Crippen molar-refractivity contribution in [3.8, 4) is 0 Å². The van der Waals surface area contributed by atoms with Gasteiger partial charge in [0.1, 0.15) is 5.82 Å². The van der Waals surface area contributed by atoms with Crippen LogP contribution in [0, 0.1) is 5.82 Å². The average Bonchev–Trinajstić information content (AvgIpc) is 2.50. The summed E-state index contributed by atoms with van der Waals surface area (Å²) in [7, 11) is 0. The number of carbonyl (C=O) groups is 1. The molecule has 0 saturated heterocycles. The Morgan fingerprint density at radius 1 is 1.09 bits per heavy atom. The lowest BCUT2D eigenvalue weighted by atomic mass is 10.1. The van der Waals surface area contributed by atoms with E-state index in [9.17, 15) is 9.18 Å². The number of halogens is 3. The molecule has 0 fully saturated rings. The molecule has 0 aromatic heterocycles. The van der Waals surface area contributed by atoms with Gasteiger partial charge in [-0.05, 0) is 43.7 Å². The smallest absolute Gasteiger partial charge is 0.241 e. The van der Waals surface area contributed by atoms with Crippen LogP contribution in [0.2, 0.25) is 10.0 Å². The zero-order chi connectivity index (χ0) is 17.0. The third-order valence-corrected chi connectivity index (χ3v) is 4.11. The van der Waals surface area contributed by atoms with E-state index < -0.39 is 11.9 Å². The standard InChI is InChI=1S/C17H17Cl2FN2O/c1-10(13-5-3-4-6-14(13)18)21-11(2)17(23)22-16-8-7-12(20)9-15(16)19/h3-11,21H,1-2H3,(H,22,23)/t10-,11+/m1/s1. The fourth-order valence-corrected chi connectivity index (χ4v) is 2.71. The number of nitrogens with one attached hydrogen (secondary N) is 2. The molecule has 122 valence electrons. The zero-order valence-corrected chi connectivity index (χ0v) is 14.3. The second-order valence-electron chi connectivity index (χ2n) is 5.24. The van der Waals surface area contributed by atoms with E-state index in [0.717, 1.165) is 11.6 Å². The minimum Gasteiger partial charge on any atom is -0.323 e. The predicted octanol–water partition coefficient (Wildman–Crippen LogP) is 4.81. The third kappa shape index (κ3) is 4.67. The number of hydrogen-bond donors (Lipinski definition) is 2. The average molecular weight is 355 g/mol. The molecule has 2 aromatic rings. The molecule has 0 radical (unpaired) electrons. The summed E-state index contributed by atoms with van der Waals surface area (Å²) in [5.41, 5.74) is 1.28. The van der Waals surface area contributed by atoms with E-state index in [1.54, 1.807) is 13.0 Å². The molecule has 0 unspecified atom stereocenters. The summed E-state index contributed by atoms with van der Waals surface area (Å²) in [6.45, 7) is 3.66. The van der Waals surface area contributed by atoms with Gasteiger partial charge in [-0.25, -0.2) is 4.39 Å². The molecule has 0 heterocycles. The highest BCUT2D eigenvalue weighted by molar-refractivity contribution is 6.33. The van der Waals surface area contributed by atoms with Crippen molar-refractivity contribution in [1.29, 1.82) is 0 Å². The van der Waals surface area contributed by atoms with Crippen molar-refractivity contribution in [3.63, 3.8) is 0 Å². The zero-order valence-electron chi connectivity index (χ0n) is 12.7. The molecule has 3 nitrogen and oxygen atoms in total. The van der Waals surface area contributed by atoms with Crippen molar-refractivity contribution < 1.29 is 9.18 Å². The molecule has 23 heavy (non-hydrogen) atoms. The first-order valence-electron chi connectivity index (χ1n) is 7.15.